The largest absolute Gasteiger partial charge is 0.476 e. The summed E-state index contributed by atoms with van der Waals surface area (Å²) in [7, 11) is 1.79. The lowest BCUT2D eigenvalue weighted by atomic mass is 9.98. The molecule has 2 saturated carbocycles. The van der Waals surface area contributed by atoms with Gasteiger partial charge in [-0.2, -0.15) is 12.6 Å². The van der Waals surface area contributed by atoms with Crippen LogP contribution in [0.1, 0.15) is 75.3 Å². The van der Waals surface area contributed by atoms with E-state index in [1.165, 1.54) is 55.3 Å². The first-order valence-corrected chi connectivity index (χ1v) is 15.3. The Kier molecular flexibility index (Phi) is 10.7. The van der Waals surface area contributed by atoms with Crippen LogP contribution in [-0.4, -0.2) is 58.4 Å². The zero-order valence-corrected chi connectivity index (χ0v) is 24.2. The van der Waals surface area contributed by atoms with Gasteiger partial charge in [0.2, 0.25) is 5.88 Å². The number of methoxy groups -OCH3 is 1. The van der Waals surface area contributed by atoms with E-state index in [1.54, 1.807) is 13.4 Å². The van der Waals surface area contributed by atoms with Crippen molar-refractivity contribution in [1.29, 1.82) is 0 Å². The molecule has 6 nitrogen and oxygen atoms in total. The number of thiol groups is 1. The number of benzene rings is 1. The smallest absolute Gasteiger partial charge is 0.212 e. The fourth-order valence-corrected chi connectivity index (χ4v) is 5.52. The van der Waals surface area contributed by atoms with Crippen molar-refractivity contribution in [3.05, 3.63) is 53.1 Å². The molecule has 7 heteroatoms. The van der Waals surface area contributed by atoms with Gasteiger partial charge in [-0.15, -0.1) is 0 Å². The van der Waals surface area contributed by atoms with E-state index >= 15 is 0 Å². The summed E-state index contributed by atoms with van der Waals surface area (Å²) in [5, 5.41) is 10.7. The van der Waals surface area contributed by atoms with Gasteiger partial charge >= 0.3 is 0 Å². The summed E-state index contributed by atoms with van der Waals surface area (Å²) in [5.41, 5.74) is 5.54. The van der Waals surface area contributed by atoms with Gasteiger partial charge in [0.25, 0.3) is 0 Å². The summed E-state index contributed by atoms with van der Waals surface area (Å²) in [5.74, 6) is 3.14. The number of anilines is 1. The lowest BCUT2D eigenvalue weighted by Gasteiger charge is -2.38. The molecule has 3 aliphatic heterocycles. The van der Waals surface area contributed by atoms with Gasteiger partial charge in [-0.25, -0.2) is 0 Å². The zero-order chi connectivity index (χ0) is 26.2. The first-order chi connectivity index (χ1) is 18.3. The lowest BCUT2D eigenvalue weighted by Crippen LogP contribution is -2.52. The second-order valence-corrected chi connectivity index (χ2v) is 10.4. The number of nitrogens with zero attached hydrogens (tertiary/aromatic N) is 1. The first kappa shape index (κ1) is 28.3. The van der Waals surface area contributed by atoms with E-state index in [0.29, 0.717) is 12.5 Å². The Labute approximate surface area is 230 Å². The maximum absolute atomic E-state index is 6.12. The van der Waals surface area contributed by atoms with Gasteiger partial charge < -0.3 is 25.0 Å². The van der Waals surface area contributed by atoms with Gasteiger partial charge in [0, 0.05) is 19.3 Å². The highest BCUT2D eigenvalue weighted by atomic mass is 32.1. The first-order valence-electron chi connectivity index (χ1n) is 14.4. The van der Waals surface area contributed by atoms with Crippen molar-refractivity contribution < 1.29 is 9.47 Å². The molecule has 3 heterocycles. The van der Waals surface area contributed by atoms with Gasteiger partial charge in [0.1, 0.15) is 18.5 Å². The second kappa shape index (κ2) is 13.9. The van der Waals surface area contributed by atoms with Crippen molar-refractivity contribution in [3.8, 4) is 0 Å². The number of allylic oxidation sites excluding steroid dienone is 1. The molecule has 5 aliphatic rings. The van der Waals surface area contributed by atoms with Crippen LogP contribution in [0.2, 0.25) is 0 Å². The molecule has 6 rings (SSSR count). The molecule has 0 aromatic heterocycles. The minimum absolute atomic E-state index is 0.0511. The third-order valence-electron chi connectivity index (χ3n) is 7.86. The third kappa shape index (κ3) is 7.25. The maximum Gasteiger partial charge on any atom is 0.212 e. The van der Waals surface area contributed by atoms with Crippen LogP contribution in [0.4, 0.5) is 5.69 Å². The standard InChI is InChI=1S/C27H38N4O2.C2H6.CH4S/c1-32-26(29-17-18-8-10-28-11-9-18)24-6-7-25-27(30-24)33-13-12-31(25)23-15-21(19-2-3-19)14-22(16-23)20-4-5-20;2*1-2/h6-7,14-16,18-20,24,26,28-30H,2-5,8-13,17H2,1H3;1-2H3;2H,1H3. The summed E-state index contributed by atoms with van der Waals surface area (Å²) in [4.78, 5) is 2.45. The molecule has 0 spiro atoms. The van der Waals surface area contributed by atoms with Crippen molar-refractivity contribution in [2.24, 2.45) is 5.92 Å². The highest BCUT2D eigenvalue weighted by molar-refractivity contribution is 7.79. The highest BCUT2D eigenvalue weighted by Gasteiger charge is 2.33. The van der Waals surface area contributed by atoms with Gasteiger partial charge in [0.05, 0.1) is 12.6 Å². The van der Waals surface area contributed by atoms with Crippen LogP contribution in [0.15, 0.2) is 41.9 Å². The average molecular weight is 529 g/mol. The Morgan fingerprint density at radius 3 is 2.27 bits per heavy atom. The highest BCUT2D eigenvalue weighted by Crippen LogP contribution is 2.47. The minimum atomic E-state index is -0.0798. The molecule has 37 heavy (non-hydrogen) atoms. The third-order valence-corrected chi connectivity index (χ3v) is 7.86. The average Bonchev–Trinajstić information content (AvgIpc) is 3.89. The fourth-order valence-electron chi connectivity index (χ4n) is 5.52. The molecule has 1 aromatic carbocycles. The zero-order valence-electron chi connectivity index (χ0n) is 23.3. The predicted molar refractivity (Wildman–Crippen MR) is 157 cm³/mol. The second-order valence-electron chi connectivity index (χ2n) is 10.4. The van der Waals surface area contributed by atoms with Crippen LogP contribution in [-0.2, 0) is 9.47 Å². The monoisotopic (exact) mass is 528 g/mol. The van der Waals surface area contributed by atoms with E-state index in [1.807, 2.05) is 13.8 Å². The van der Waals surface area contributed by atoms with Crippen molar-refractivity contribution in [3.63, 3.8) is 0 Å². The summed E-state index contributed by atoms with van der Waals surface area (Å²) in [6.07, 6.45) is 13.9. The molecule has 1 aromatic rings. The summed E-state index contributed by atoms with van der Waals surface area (Å²) < 4.78 is 12.0. The summed E-state index contributed by atoms with van der Waals surface area (Å²) in [6.45, 7) is 8.81. The van der Waals surface area contributed by atoms with Crippen LogP contribution in [0.25, 0.3) is 0 Å². The Balaban J connectivity index is 0.000000765. The molecule has 0 radical (unpaired) electrons. The number of hydrogen-bond donors (Lipinski definition) is 4. The van der Waals surface area contributed by atoms with Crippen LogP contribution in [0.3, 0.4) is 0 Å². The molecule has 3 fully saturated rings. The van der Waals surface area contributed by atoms with Gasteiger partial charge in [0.15, 0.2) is 0 Å². The van der Waals surface area contributed by atoms with Crippen molar-refractivity contribution in [1.82, 2.24) is 16.0 Å². The number of hydrogen-bond acceptors (Lipinski definition) is 7. The molecule has 3 N–H and O–H groups in total. The van der Waals surface area contributed by atoms with Crippen LogP contribution >= 0.6 is 12.6 Å². The molecular weight excluding hydrogens is 480 g/mol. The molecule has 2 unspecified atom stereocenters. The summed E-state index contributed by atoms with van der Waals surface area (Å²) >= 11 is 3.53. The number of piperidine rings is 1. The molecule has 0 amide bonds. The number of ether oxygens (including phenoxy) is 2. The van der Waals surface area contributed by atoms with Gasteiger partial charge in [-0.1, -0.05) is 26.0 Å². The number of nitrogens with one attached hydrogen (secondary N) is 3. The predicted octanol–water partition coefficient (Wildman–Crippen LogP) is 5.11. The fraction of sp³-hybridized carbons (Fsp3) is 0.667. The number of rotatable bonds is 8. The molecule has 2 aliphatic carbocycles. The Morgan fingerprint density at radius 2 is 1.68 bits per heavy atom. The molecule has 0 bridgehead atoms. The van der Waals surface area contributed by atoms with E-state index in [0.717, 1.165) is 49.6 Å². The van der Waals surface area contributed by atoms with E-state index < -0.39 is 0 Å². The molecule has 1 saturated heterocycles. The van der Waals surface area contributed by atoms with Crippen molar-refractivity contribution in [2.45, 2.75) is 76.5 Å². The van der Waals surface area contributed by atoms with Gasteiger partial charge in [-0.05, 0) is 105 Å². The topological polar surface area (TPSA) is 57.8 Å². The Hall–Kier alpha value is -1.67. The quantitative estimate of drug-likeness (QED) is 0.278. The van der Waals surface area contributed by atoms with Crippen LogP contribution < -0.4 is 20.9 Å². The van der Waals surface area contributed by atoms with Crippen LogP contribution in [0, 0.1) is 5.92 Å². The Bertz CT molecular complexity index is 892. The molecule has 2 atom stereocenters. The summed E-state index contributed by atoms with van der Waals surface area (Å²) in [6, 6.07) is 7.39. The maximum atomic E-state index is 6.12. The SMILES string of the molecule is CC.COC(NCC1CCNCC1)C1C=CC2=C(N1)OCCN2c1cc(C2CC2)cc(C2CC2)c1.CS. The van der Waals surface area contributed by atoms with Crippen molar-refractivity contribution in [2.75, 3.05) is 51.1 Å². The van der Waals surface area contributed by atoms with E-state index in [2.05, 4.69) is 63.8 Å². The lowest BCUT2D eigenvalue weighted by molar-refractivity contribution is 0.0429. The van der Waals surface area contributed by atoms with E-state index in [9.17, 15) is 0 Å². The van der Waals surface area contributed by atoms with E-state index in [4.69, 9.17) is 9.47 Å². The van der Waals surface area contributed by atoms with Gasteiger partial charge in [-0.3, -0.25) is 5.32 Å². The number of dihydropyridines is 1. The van der Waals surface area contributed by atoms with E-state index in [-0.39, 0.29) is 12.3 Å². The molecule has 206 valence electrons. The van der Waals surface area contributed by atoms with Crippen LogP contribution in [0.5, 0.6) is 0 Å². The Morgan fingerprint density at radius 1 is 1.03 bits per heavy atom. The molecular formula is C30H48N4O2S. The van der Waals surface area contributed by atoms with Crippen molar-refractivity contribution >= 4 is 18.3 Å². The normalized spacial score (nSPS) is 24.0. The minimum Gasteiger partial charge on any atom is -0.476 e.